The van der Waals surface area contributed by atoms with Crippen LogP contribution in [-0.4, -0.2) is 54.1 Å². The van der Waals surface area contributed by atoms with E-state index in [2.05, 4.69) is 10.6 Å². The number of nitrogens with one attached hydrogen (secondary N) is 2. The van der Waals surface area contributed by atoms with Crippen molar-refractivity contribution in [2.75, 3.05) is 18.0 Å². The summed E-state index contributed by atoms with van der Waals surface area (Å²) in [4.78, 5) is 25.6. The average molecular weight is 433 g/mol. The van der Waals surface area contributed by atoms with Gasteiger partial charge < -0.3 is 25.6 Å². The van der Waals surface area contributed by atoms with Crippen LogP contribution in [0.5, 0.6) is 0 Å². The molecule has 0 spiro atoms. The Morgan fingerprint density at radius 3 is 2.43 bits per heavy atom. The highest BCUT2D eigenvalue weighted by Crippen LogP contribution is 2.34. The summed E-state index contributed by atoms with van der Waals surface area (Å²) in [5, 5.41) is 23.4. The monoisotopic (exact) mass is 433 g/mol. The summed E-state index contributed by atoms with van der Waals surface area (Å²) in [5.41, 5.74) is -1.25. The summed E-state index contributed by atoms with van der Waals surface area (Å²) in [7, 11) is -1.75. The lowest BCUT2D eigenvalue weighted by Gasteiger charge is -2.41. The fourth-order valence-corrected chi connectivity index (χ4v) is 3.17. The first-order valence-corrected chi connectivity index (χ1v) is 9.46. The fourth-order valence-electron chi connectivity index (χ4n) is 3.17. The molecule has 1 aromatic carbocycles. The van der Waals surface area contributed by atoms with Gasteiger partial charge in [0.2, 0.25) is 11.8 Å². The van der Waals surface area contributed by atoms with E-state index < -0.39 is 55.0 Å². The minimum absolute atomic E-state index is 0.0915. The molecule has 2 unspecified atom stereocenters. The molecule has 0 saturated carbocycles. The molecule has 2 rings (SSSR count). The highest BCUT2D eigenvalue weighted by molar-refractivity contribution is 6.43. The maximum Gasteiger partial charge on any atom is 0.475 e. The smallest absolute Gasteiger partial charge is 0.426 e. The number of alkyl halides is 3. The number of hydrogen-bond donors (Lipinski definition) is 4. The lowest BCUT2D eigenvalue weighted by Crippen LogP contribution is -2.58. The SMILES string of the molecule is CC(C)CC(NC(=O)CNC(=O)C1CCN1c1ccc(C(F)(F)F)cc1F)B(O)O. The molecule has 2 atom stereocenters. The van der Waals surface area contributed by atoms with E-state index in [0.717, 1.165) is 12.1 Å². The molecule has 166 valence electrons. The van der Waals surface area contributed by atoms with Crippen LogP contribution in [0.15, 0.2) is 18.2 Å². The topological polar surface area (TPSA) is 102 Å². The first-order valence-electron chi connectivity index (χ1n) is 9.46. The van der Waals surface area contributed by atoms with E-state index in [1.54, 1.807) is 0 Å². The molecule has 0 radical (unpaired) electrons. The molecule has 12 heteroatoms. The van der Waals surface area contributed by atoms with Crippen LogP contribution in [0.1, 0.15) is 32.3 Å². The second-order valence-corrected chi connectivity index (χ2v) is 7.60. The molecule has 1 heterocycles. The Hall–Kier alpha value is -2.34. The van der Waals surface area contributed by atoms with Crippen LogP contribution in [0.4, 0.5) is 23.2 Å². The zero-order valence-electron chi connectivity index (χ0n) is 16.5. The van der Waals surface area contributed by atoms with Gasteiger partial charge in [0.1, 0.15) is 11.9 Å². The number of carbonyl (C=O) groups excluding carboxylic acids is 2. The van der Waals surface area contributed by atoms with E-state index in [1.165, 1.54) is 4.90 Å². The Bertz CT molecular complexity index is 776. The summed E-state index contributed by atoms with van der Waals surface area (Å²) < 4.78 is 52.2. The van der Waals surface area contributed by atoms with E-state index in [-0.39, 0.29) is 18.2 Å². The van der Waals surface area contributed by atoms with Crippen LogP contribution in [0.25, 0.3) is 0 Å². The van der Waals surface area contributed by atoms with Crippen LogP contribution >= 0.6 is 0 Å². The molecular formula is C18H24BF4N3O4. The fraction of sp³-hybridized carbons (Fsp3) is 0.556. The van der Waals surface area contributed by atoms with Gasteiger partial charge in [-0.2, -0.15) is 13.2 Å². The number of anilines is 1. The van der Waals surface area contributed by atoms with Gasteiger partial charge in [-0.3, -0.25) is 9.59 Å². The Labute approximate surface area is 171 Å². The number of hydrogen-bond acceptors (Lipinski definition) is 5. The molecule has 0 bridgehead atoms. The molecule has 7 nitrogen and oxygen atoms in total. The van der Waals surface area contributed by atoms with Gasteiger partial charge in [0.15, 0.2) is 0 Å². The summed E-state index contributed by atoms with van der Waals surface area (Å²) in [6.07, 6.45) is -4.01. The van der Waals surface area contributed by atoms with Crippen molar-refractivity contribution in [3.05, 3.63) is 29.6 Å². The van der Waals surface area contributed by atoms with Crippen molar-refractivity contribution < 1.29 is 37.2 Å². The Morgan fingerprint density at radius 1 is 1.30 bits per heavy atom. The molecule has 0 aromatic heterocycles. The summed E-state index contributed by atoms with van der Waals surface area (Å²) in [6, 6.07) is 1.28. The normalized spacial score (nSPS) is 17.4. The van der Waals surface area contributed by atoms with Gasteiger partial charge in [-0.15, -0.1) is 0 Å². The third kappa shape index (κ3) is 6.08. The Balaban J connectivity index is 1.93. The van der Waals surface area contributed by atoms with Gasteiger partial charge in [-0.25, -0.2) is 4.39 Å². The van der Waals surface area contributed by atoms with Crippen molar-refractivity contribution in [1.29, 1.82) is 0 Å². The largest absolute Gasteiger partial charge is 0.475 e. The Kier molecular flexibility index (Phi) is 7.70. The molecule has 1 aliphatic heterocycles. The van der Waals surface area contributed by atoms with Crippen LogP contribution in [-0.2, 0) is 15.8 Å². The zero-order valence-corrected chi connectivity index (χ0v) is 16.5. The number of nitrogens with zero attached hydrogens (tertiary/aromatic N) is 1. The van der Waals surface area contributed by atoms with Crippen LogP contribution in [0, 0.1) is 11.7 Å². The van der Waals surface area contributed by atoms with Crippen molar-refractivity contribution >= 4 is 24.6 Å². The van der Waals surface area contributed by atoms with E-state index in [0.29, 0.717) is 18.9 Å². The van der Waals surface area contributed by atoms with Gasteiger partial charge in [0.05, 0.1) is 23.7 Å². The highest BCUT2D eigenvalue weighted by atomic mass is 19.4. The van der Waals surface area contributed by atoms with Gasteiger partial charge in [0.25, 0.3) is 0 Å². The first kappa shape index (κ1) is 23.9. The van der Waals surface area contributed by atoms with Crippen molar-refractivity contribution in [3.63, 3.8) is 0 Å². The molecule has 30 heavy (non-hydrogen) atoms. The molecule has 1 fully saturated rings. The molecule has 4 N–H and O–H groups in total. The van der Waals surface area contributed by atoms with Crippen molar-refractivity contribution in [2.45, 2.75) is 44.8 Å². The number of amides is 2. The van der Waals surface area contributed by atoms with E-state index in [9.17, 15) is 37.2 Å². The predicted octanol–water partition coefficient (Wildman–Crippen LogP) is 1.08. The molecule has 2 amide bonds. The lowest BCUT2D eigenvalue weighted by molar-refractivity contribution is -0.137. The van der Waals surface area contributed by atoms with Crippen molar-refractivity contribution in [3.8, 4) is 0 Å². The van der Waals surface area contributed by atoms with Gasteiger partial charge in [-0.05, 0) is 37.0 Å². The predicted molar refractivity (Wildman–Crippen MR) is 102 cm³/mol. The summed E-state index contributed by atoms with van der Waals surface area (Å²) in [5.74, 6) is -3.10. The highest BCUT2D eigenvalue weighted by Gasteiger charge is 2.37. The van der Waals surface area contributed by atoms with E-state index >= 15 is 0 Å². The minimum atomic E-state index is -4.67. The van der Waals surface area contributed by atoms with E-state index in [4.69, 9.17) is 0 Å². The molecule has 1 saturated heterocycles. The van der Waals surface area contributed by atoms with Crippen molar-refractivity contribution in [1.82, 2.24) is 10.6 Å². The standard InChI is InChI=1S/C18H24BF4N3O4/c1-10(2)7-15(19(29)30)25-16(27)9-24-17(28)14-5-6-26(14)13-4-3-11(8-12(13)20)18(21,22)23/h3-4,8,10,14-15,29-30H,5-7,9H2,1-2H3,(H,24,28)(H,25,27). The van der Waals surface area contributed by atoms with Gasteiger partial charge in [0, 0.05) is 6.54 Å². The number of rotatable bonds is 8. The maximum atomic E-state index is 14.1. The van der Waals surface area contributed by atoms with Crippen LogP contribution in [0.3, 0.4) is 0 Å². The quantitative estimate of drug-likeness (QED) is 0.363. The van der Waals surface area contributed by atoms with Crippen LogP contribution in [0.2, 0.25) is 0 Å². The molecule has 1 aliphatic rings. The second-order valence-electron chi connectivity index (χ2n) is 7.60. The average Bonchev–Trinajstić information content (AvgIpc) is 2.58. The lowest BCUT2D eigenvalue weighted by atomic mass is 9.75. The molecular weight excluding hydrogens is 409 g/mol. The number of halogens is 4. The molecule has 1 aromatic rings. The zero-order chi connectivity index (χ0) is 22.6. The Morgan fingerprint density at radius 2 is 1.97 bits per heavy atom. The van der Waals surface area contributed by atoms with E-state index in [1.807, 2.05) is 13.8 Å². The van der Waals surface area contributed by atoms with Crippen molar-refractivity contribution in [2.24, 2.45) is 5.92 Å². The summed E-state index contributed by atoms with van der Waals surface area (Å²) in [6.45, 7) is 3.53. The minimum Gasteiger partial charge on any atom is -0.426 e. The third-order valence-corrected chi connectivity index (χ3v) is 4.76. The number of carbonyl (C=O) groups is 2. The number of benzene rings is 1. The van der Waals surface area contributed by atoms with Crippen LogP contribution < -0.4 is 15.5 Å². The van der Waals surface area contributed by atoms with Gasteiger partial charge in [-0.1, -0.05) is 13.8 Å². The third-order valence-electron chi connectivity index (χ3n) is 4.76. The second kappa shape index (κ2) is 9.65. The van der Waals surface area contributed by atoms with Gasteiger partial charge >= 0.3 is 13.3 Å². The molecule has 0 aliphatic carbocycles. The first-order chi connectivity index (χ1) is 13.9. The summed E-state index contributed by atoms with van der Waals surface area (Å²) >= 11 is 0. The maximum absolute atomic E-state index is 14.1.